The highest BCUT2D eigenvalue weighted by Gasteiger charge is 2.02. The third-order valence-electron chi connectivity index (χ3n) is 2.76. The fourth-order valence-corrected chi connectivity index (χ4v) is 1.59. The van der Waals surface area contributed by atoms with Crippen LogP contribution in [0.3, 0.4) is 0 Å². The minimum absolute atomic E-state index is 0.147. The first-order chi connectivity index (χ1) is 7.77. The van der Waals surface area contributed by atoms with Gasteiger partial charge in [-0.1, -0.05) is 38.8 Å². The number of unbranched alkanes of at least 4 members (excludes halogenated alkanes) is 2. The lowest BCUT2D eigenvalue weighted by Gasteiger charge is -2.10. The molecular weight excluding hydrogens is 198 g/mol. The standard InChI is InChI=1S/C14H23NO/c1-3-5-6-11-16-13-9-7-12(8-10-13)14(15)4-2/h7-10,14H,3-6,11,15H2,1-2H3/t14-/m0/s1. The third kappa shape index (κ3) is 4.23. The van der Waals surface area contributed by atoms with E-state index in [1.165, 1.54) is 18.4 Å². The predicted octanol–water partition coefficient (Wildman–Crippen LogP) is 3.67. The molecule has 0 amide bonds. The van der Waals surface area contributed by atoms with Crippen LogP contribution in [0.1, 0.15) is 51.1 Å². The highest BCUT2D eigenvalue weighted by atomic mass is 16.5. The second-order valence-corrected chi connectivity index (χ2v) is 4.14. The highest BCUT2D eigenvalue weighted by molar-refractivity contribution is 5.28. The Morgan fingerprint density at radius 2 is 1.81 bits per heavy atom. The molecule has 2 heteroatoms. The lowest BCUT2D eigenvalue weighted by molar-refractivity contribution is 0.306. The molecule has 0 fully saturated rings. The van der Waals surface area contributed by atoms with Crippen molar-refractivity contribution in [1.82, 2.24) is 0 Å². The summed E-state index contributed by atoms with van der Waals surface area (Å²) in [6.45, 7) is 5.10. The molecule has 2 N–H and O–H groups in total. The Balaban J connectivity index is 2.39. The van der Waals surface area contributed by atoms with Gasteiger partial charge in [0.05, 0.1) is 6.61 Å². The molecule has 1 aromatic carbocycles. The van der Waals surface area contributed by atoms with Crippen molar-refractivity contribution in [2.45, 2.75) is 45.6 Å². The Kier molecular flexibility index (Phi) is 5.94. The van der Waals surface area contributed by atoms with Gasteiger partial charge in [-0.05, 0) is 30.5 Å². The maximum absolute atomic E-state index is 5.94. The molecular formula is C14H23NO. The quantitative estimate of drug-likeness (QED) is 0.713. The molecule has 0 radical (unpaired) electrons. The SMILES string of the molecule is CCCCCOc1ccc([C@@H](N)CC)cc1. The van der Waals surface area contributed by atoms with Crippen LogP contribution >= 0.6 is 0 Å². The predicted molar refractivity (Wildman–Crippen MR) is 68.7 cm³/mol. The van der Waals surface area contributed by atoms with Crippen LogP contribution in [0.25, 0.3) is 0 Å². The van der Waals surface area contributed by atoms with Crippen LogP contribution in [0.5, 0.6) is 5.75 Å². The molecule has 1 atom stereocenters. The minimum Gasteiger partial charge on any atom is -0.494 e. The smallest absolute Gasteiger partial charge is 0.119 e. The summed E-state index contributed by atoms with van der Waals surface area (Å²) < 4.78 is 5.64. The fourth-order valence-electron chi connectivity index (χ4n) is 1.59. The number of rotatable bonds is 7. The highest BCUT2D eigenvalue weighted by Crippen LogP contribution is 2.18. The van der Waals surface area contributed by atoms with Gasteiger partial charge >= 0.3 is 0 Å². The van der Waals surface area contributed by atoms with Crippen molar-refractivity contribution in [1.29, 1.82) is 0 Å². The van der Waals surface area contributed by atoms with Gasteiger partial charge in [0.25, 0.3) is 0 Å². The average molecular weight is 221 g/mol. The van der Waals surface area contributed by atoms with Gasteiger partial charge in [0, 0.05) is 6.04 Å². The van der Waals surface area contributed by atoms with E-state index in [-0.39, 0.29) is 6.04 Å². The van der Waals surface area contributed by atoms with Crippen LogP contribution < -0.4 is 10.5 Å². The molecule has 0 bridgehead atoms. The van der Waals surface area contributed by atoms with E-state index in [2.05, 4.69) is 26.0 Å². The molecule has 0 spiro atoms. The van der Waals surface area contributed by atoms with E-state index in [1.54, 1.807) is 0 Å². The molecule has 16 heavy (non-hydrogen) atoms. The van der Waals surface area contributed by atoms with Gasteiger partial charge in [-0.3, -0.25) is 0 Å². The molecule has 0 aliphatic heterocycles. The zero-order valence-electron chi connectivity index (χ0n) is 10.4. The van der Waals surface area contributed by atoms with Crippen molar-refractivity contribution in [2.75, 3.05) is 6.61 Å². The lowest BCUT2D eigenvalue weighted by atomic mass is 10.1. The molecule has 1 rings (SSSR count). The summed E-state index contributed by atoms with van der Waals surface area (Å²) in [5.41, 5.74) is 7.13. The van der Waals surface area contributed by atoms with Crippen molar-refractivity contribution in [3.05, 3.63) is 29.8 Å². The molecule has 0 aliphatic carbocycles. The summed E-state index contributed by atoms with van der Waals surface area (Å²) in [4.78, 5) is 0. The molecule has 1 aromatic rings. The van der Waals surface area contributed by atoms with Crippen molar-refractivity contribution in [3.63, 3.8) is 0 Å². The van der Waals surface area contributed by atoms with Crippen LogP contribution in [-0.2, 0) is 0 Å². The largest absolute Gasteiger partial charge is 0.494 e. The van der Waals surface area contributed by atoms with Crippen LogP contribution in [0, 0.1) is 0 Å². The van der Waals surface area contributed by atoms with E-state index >= 15 is 0 Å². The van der Waals surface area contributed by atoms with E-state index < -0.39 is 0 Å². The summed E-state index contributed by atoms with van der Waals surface area (Å²) in [7, 11) is 0. The molecule has 0 aromatic heterocycles. The summed E-state index contributed by atoms with van der Waals surface area (Å²) >= 11 is 0. The zero-order valence-corrected chi connectivity index (χ0v) is 10.4. The monoisotopic (exact) mass is 221 g/mol. The maximum atomic E-state index is 5.94. The van der Waals surface area contributed by atoms with Gasteiger partial charge in [-0.15, -0.1) is 0 Å². The Hall–Kier alpha value is -1.02. The maximum Gasteiger partial charge on any atom is 0.119 e. The third-order valence-corrected chi connectivity index (χ3v) is 2.76. The number of ether oxygens (including phenoxy) is 1. The Bertz CT molecular complexity index is 281. The van der Waals surface area contributed by atoms with E-state index in [9.17, 15) is 0 Å². The number of benzene rings is 1. The summed E-state index contributed by atoms with van der Waals surface area (Å²) in [5.74, 6) is 0.947. The van der Waals surface area contributed by atoms with Gasteiger partial charge in [0.15, 0.2) is 0 Å². The second-order valence-electron chi connectivity index (χ2n) is 4.14. The zero-order chi connectivity index (χ0) is 11.8. The Morgan fingerprint density at radius 3 is 2.38 bits per heavy atom. The first kappa shape index (κ1) is 13.0. The summed E-state index contributed by atoms with van der Waals surface area (Å²) in [6, 6.07) is 8.29. The van der Waals surface area contributed by atoms with Crippen LogP contribution in [-0.4, -0.2) is 6.61 Å². The molecule has 0 heterocycles. The topological polar surface area (TPSA) is 35.2 Å². The Labute approximate surface area is 98.8 Å². The van der Waals surface area contributed by atoms with E-state index in [1.807, 2.05) is 12.1 Å². The van der Waals surface area contributed by atoms with Crippen molar-refractivity contribution < 1.29 is 4.74 Å². The van der Waals surface area contributed by atoms with Gasteiger partial charge in [-0.2, -0.15) is 0 Å². The second kappa shape index (κ2) is 7.29. The van der Waals surface area contributed by atoms with E-state index in [0.29, 0.717) is 0 Å². The molecule has 90 valence electrons. The van der Waals surface area contributed by atoms with Crippen LogP contribution in [0.15, 0.2) is 24.3 Å². The fraction of sp³-hybridized carbons (Fsp3) is 0.571. The summed E-state index contributed by atoms with van der Waals surface area (Å²) in [5, 5.41) is 0. The molecule has 0 unspecified atom stereocenters. The lowest BCUT2D eigenvalue weighted by Crippen LogP contribution is -2.08. The first-order valence-electron chi connectivity index (χ1n) is 6.26. The van der Waals surface area contributed by atoms with Crippen molar-refractivity contribution in [2.24, 2.45) is 5.73 Å². The van der Waals surface area contributed by atoms with Crippen LogP contribution in [0.4, 0.5) is 0 Å². The number of nitrogens with two attached hydrogens (primary N) is 1. The van der Waals surface area contributed by atoms with Gasteiger partial charge in [-0.25, -0.2) is 0 Å². The molecule has 0 saturated carbocycles. The first-order valence-corrected chi connectivity index (χ1v) is 6.26. The molecule has 0 aliphatic rings. The Morgan fingerprint density at radius 1 is 1.12 bits per heavy atom. The van der Waals surface area contributed by atoms with Gasteiger partial charge in [0.2, 0.25) is 0 Å². The van der Waals surface area contributed by atoms with E-state index in [4.69, 9.17) is 10.5 Å². The van der Waals surface area contributed by atoms with Gasteiger partial charge < -0.3 is 10.5 Å². The summed E-state index contributed by atoms with van der Waals surface area (Å²) in [6.07, 6.45) is 4.57. The number of hydrogen-bond donors (Lipinski definition) is 1. The van der Waals surface area contributed by atoms with Crippen LogP contribution in [0.2, 0.25) is 0 Å². The normalized spacial score (nSPS) is 12.4. The average Bonchev–Trinajstić information content (AvgIpc) is 2.34. The minimum atomic E-state index is 0.147. The van der Waals surface area contributed by atoms with Crippen molar-refractivity contribution >= 4 is 0 Å². The number of hydrogen-bond acceptors (Lipinski definition) is 2. The molecule has 2 nitrogen and oxygen atoms in total. The van der Waals surface area contributed by atoms with E-state index in [0.717, 1.165) is 25.2 Å². The molecule has 0 saturated heterocycles. The van der Waals surface area contributed by atoms with Gasteiger partial charge in [0.1, 0.15) is 5.75 Å². The van der Waals surface area contributed by atoms with Crippen molar-refractivity contribution in [3.8, 4) is 5.75 Å².